The molecule has 0 aliphatic carbocycles. The molecule has 0 spiro atoms. The van der Waals surface area contributed by atoms with E-state index >= 15 is 0 Å². The first-order chi connectivity index (χ1) is 16.9. The average molecular weight is 497 g/mol. The van der Waals surface area contributed by atoms with Gasteiger partial charge in [-0.2, -0.15) is 13.2 Å². The molecule has 0 aromatic heterocycles. The first-order valence-corrected chi connectivity index (χ1v) is 12.8. The lowest BCUT2D eigenvalue weighted by molar-refractivity contribution is -0.138. The highest BCUT2D eigenvalue weighted by Crippen LogP contribution is 2.37. The van der Waals surface area contributed by atoms with E-state index in [0.29, 0.717) is 24.5 Å². The predicted octanol–water partition coefficient (Wildman–Crippen LogP) is 9.28. The summed E-state index contributed by atoms with van der Waals surface area (Å²) in [6, 6.07) is 17.8. The summed E-state index contributed by atoms with van der Waals surface area (Å²) >= 11 is 0. The Morgan fingerprint density at radius 3 is 2.03 bits per heavy atom. The van der Waals surface area contributed by atoms with Crippen LogP contribution >= 0.6 is 0 Å². The molecule has 2 atom stereocenters. The van der Waals surface area contributed by atoms with Crippen molar-refractivity contribution in [3.63, 3.8) is 0 Å². The van der Waals surface area contributed by atoms with Gasteiger partial charge in [0.15, 0.2) is 0 Å². The van der Waals surface area contributed by atoms with Crippen LogP contribution in [0.1, 0.15) is 95.5 Å². The first kappa shape index (κ1) is 28.0. The Hall–Kier alpha value is -2.59. The molecule has 0 saturated heterocycles. The lowest BCUT2D eigenvalue weighted by Gasteiger charge is -2.22. The number of hydrogen-bond acceptors (Lipinski definition) is 1. The fourth-order valence-electron chi connectivity index (χ4n) is 5.33. The monoisotopic (exact) mass is 496 g/mol. The molecule has 0 bridgehead atoms. The van der Waals surface area contributed by atoms with Gasteiger partial charge in [-0.25, -0.2) is 0 Å². The van der Waals surface area contributed by atoms with Crippen molar-refractivity contribution in [3.8, 4) is 0 Å². The molecular formula is C32H39F3O. The van der Waals surface area contributed by atoms with E-state index in [1.165, 1.54) is 39.4 Å². The van der Waals surface area contributed by atoms with Gasteiger partial charge in [-0.3, -0.25) is 0 Å². The van der Waals surface area contributed by atoms with E-state index in [4.69, 9.17) is 4.74 Å². The van der Waals surface area contributed by atoms with Gasteiger partial charge >= 0.3 is 6.18 Å². The van der Waals surface area contributed by atoms with Crippen molar-refractivity contribution in [2.24, 2.45) is 0 Å². The van der Waals surface area contributed by atoms with E-state index in [1.54, 1.807) is 27.0 Å². The molecule has 0 radical (unpaired) electrons. The molecule has 3 rings (SSSR count). The zero-order valence-corrected chi connectivity index (χ0v) is 22.6. The Morgan fingerprint density at radius 1 is 0.722 bits per heavy atom. The minimum atomic E-state index is -4.34. The summed E-state index contributed by atoms with van der Waals surface area (Å²) in [4.78, 5) is 0. The van der Waals surface area contributed by atoms with Crippen LogP contribution in [0.25, 0.3) is 0 Å². The molecule has 0 aliphatic rings. The molecule has 2 unspecified atom stereocenters. The fraction of sp³-hybridized carbons (Fsp3) is 0.438. The van der Waals surface area contributed by atoms with E-state index in [9.17, 15) is 13.2 Å². The Bertz CT molecular complexity index is 1180. The topological polar surface area (TPSA) is 9.23 Å². The number of rotatable bonds is 9. The van der Waals surface area contributed by atoms with Crippen LogP contribution in [0.2, 0.25) is 0 Å². The van der Waals surface area contributed by atoms with Gasteiger partial charge < -0.3 is 4.74 Å². The molecule has 0 saturated carbocycles. The standard InChI is InChI=1S/C32H39F3O/c1-20(2)28-13-12-25(18-31(28)32(33,34)35)14-22(4)30-17-21(3)27(16-24(30)6)15-23(5)29-11-9-8-10-26(29)19-36-7/h8-13,16-18,20,22-23H,14-15,19H2,1-7H3. The summed E-state index contributed by atoms with van der Waals surface area (Å²) in [5, 5.41) is 0. The number of benzene rings is 3. The van der Waals surface area contributed by atoms with E-state index in [1.807, 2.05) is 12.1 Å². The Morgan fingerprint density at radius 2 is 1.39 bits per heavy atom. The minimum Gasteiger partial charge on any atom is -0.380 e. The Balaban J connectivity index is 1.82. The molecule has 0 N–H and O–H groups in total. The Labute approximate surface area is 214 Å². The van der Waals surface area contributed by atoms with Gasteiger partial charge in [0, 0.05) is 7.11 Å². The molecule has 0 aliphatic heterocycles. The SMILES string of the molecule is COCc1ccccc1C(C)Cc1cc(C)c(C(C)Cc2ccc(C(C)C)c(C(F)(F)F)c2)cc1C. The largest absolute Gasteiger partial charge is 0.416 e. The van der Waals surface area contributed by atoms with Gasteiger partial charge in [0.25, 0.3) is 0 Å². The molecule has 1 nitrogen and oxygen atoms in total. The van der Waals surface area contributed by atoms with Crippen LogP contribution in [0.3, 0.4) is 0 Å². The van der Waals surface area contributed by atoms with Crippen LogP contribution in [-0.4, -0.2) is 7.11 Å². The highest BCUT2D eigenvalue weighted by atomic mass is 19.4. The van der Waals surface area contributed by atoms with E-state index in [0.717, 1.165) is 12.0 Å². The summed E-state index contributed by atoms with van der Waals surface area (Å²) in [5.41, 5.74) is 8.02. The van der Waals surface area contributed by atoms with Gasteiger partial charge in [0.2, 0.25) is 0 Å². The summed E-state index contributed by atoms with van der Waals surface area (Å²) < 4.78 is 46.5. The molecule has 194 valence electrons. The molecule has 3 aromatic rings. The first-order valence-electron chi connectivity index (χ1n) is 12.8. The maximum absolute atomic E-state index is 13.7. The van der Waals surface area contributed by atoms with Crippen LogP contribution < -0.4 is 0 Å². The second-order valence-electron chi connectivity index (χ2n) is 10.6. The van der Waals surface area contributed by atoms with Crippen LogP contribution in [-0.2, 0) is 30.4 Å². The van der Waals surface area contributed by atoms with Crippen molar-refractivity contribution >= 4 is 0 Å². The predicted molar refractivity (Wildman–Crippen MR) is 143 cm³/mol. The lowest BCUT2D eigenvalue weighted by atomic mass is 9.84. The molecule has 0 heterocycles. The molecule has 0 fully saturated rings. The highest BCUT2D eigenvalue weighted by Gasteiger charge is 2.34. The summed E-state index contributed by atoms with van der Waals surface area (Å²) in [7, 11) is 1.72. The highest BCUT2D eigenvalue weighted by molar-refractivity contribution is 5.42. The molecular weight excluding hydrogens is 457 g/mol. The quantitative estimate of drug-likeness (QED) is 0.287. The van der Waals surface area contributed by atoms with Gasteiger partial charge in [0.1, 0.15) is 0 Å². The Kier molecular flexibility index (Phi) is 9.05. The molecule has 0 amide bonds. The zero-order chi connectivity index (χ0) is 26.6. The molecule has 36 heavy (non-hydrogen) atoms. The van der Waals surface area contributed by atoms with E-state index in [2.05, 4.69) is 58.0 Å². The minimum absolute atomic E-state index is 0.114. The van der Waals surface area contributed by atoms with E-state index < -0.39 is 11.7 Å². The molecule has 4 heteroatoms. The second kappa shape index (κ2) is 11.6. The van der Waals surface area contributed by atoms with Crippen LogP contribution in [0, 0.1) is 13.8 Å². The second-order valence-corrected chi connectivity index (χ2v) is 10.6. The number of aryl methyl sites for hydroxylation is 2. The number of ether oxygens (including phenoxy) is 1. The number of alkyl halides is 3. The van der Waals surface area contributed by atoms with Gasteiger partial charge in [-0.15, -0.1) is 0 Å². The number of halogens is 3. The van der Waals surface area contributed by atoms with Crippen molar-refractivity contribution in [1.82, 2.24) is 0 Å². The molecule has 3 aromatic carbocycles. The summed E-state index contributed by atoms with van der Waals surface area (Å²) in [6.07, 6.45) is -2.85. The average Bonchev–Trinajstić information content (AvgIpc) is 2.81. The summed E-state index contributed by atoms with van der Waals surface area (Å²) in [6.45, 7) is 12.8. The summed E-state index contributed by atoms with van der Waals surface area (Å²) in [5.74, 6) is 0.288. The maximum Gasteiger partial charge on any atom is 0.416 e. The van der Waals surface area contributed by atoms with Crippen molar-refractivity contribution in [2.45, 2.75) is 84.9 Å². The maximum atomic E-state index is 13.7. The van der Waals surface area contributed by atoms with Gasteiger partial charge in [-0.1, -0.05) is 76.2 Å². The van der Waals surface area contributed by atoms with Crippen LogP contribution in [0.5, 0.6) is 0 Å². The zero-order valence-electron chi connectivity index (χ0n) is 22.6. The van der Waals surface area contributed by atoms with Crippen LogP contribution in [0.15, 0.2) is 54.6 Å². The van der Waals surface area contributed by atoms with Crippen molar-refractivity contribution < 1.29 is 17.9 Å². The fourth-order valence-corrected chi connectivity index (χ4v) is 5.33. The van der Waals surface area contributed by atoms with Gasteiger partial charge in [-0.05, 0) is 95.0 Å². The van der Waals surface area contributed by atoms with Crippen molar-refractivity contribution in [2.75, 3.05) is 7.11 Å². The third kappa shape index (κ3) is 6.59. The normalized spacial score (nSPS) is 13.8. The lowest BCUT2D eigenvalue weighted by Crippen LogP contribution is -2.12. The third-order valence-electron chi connectivity index (χ3n) is 7.25. The van der Waals surface area contributed by atoms with Crippen molar-refractivity contribution in [3.05, 3.63) is 105 Å². The van der Waals surface area contributed by atoms with Crippen LogP contribution in [0.4, 0.5) is 13.2 Å². The number of hydrogen-bond donors (Lipinski definition) is 0. The smallest absolute Gasteiger partial charge is 0.380 e. The van der Waals surface area contributed by atoms with Gasteiger partial charge in [0.05, 0.1) is 12.2 Å². The third-order valence-corrected chi connectivity index (χ3v) is 7.25. The van der Waals surface area contributed by atoms with E-state index in [-0.39, 0.29) is 11.8 Å². The number of methoxy groups -OCH3 is 1. The van der Waals surface area contributed by atoms with Crippen molar-refractivity contribution in [1.29, 1.82) is 0 Å².